The van der Waals surface area contributed by atoms with Gasteiger partial charge < -0.3 is 14.8 Å². The lowest BCUT2D eigenvalue weighted by Crippen LogP contribution is -2.53. The van der Waals surface area contributed by atoms with Crippen LogP contribution in [-0.2, 0) is 14.3 Å². The second-order valence-electron chi connectivity index (χ2n) is 10.2. The van der Waals surface area contributed by atoms with Gasteiger partial charge in [0.15, 0.2) is 0 Å². The molecule has 1 atom stereocenters. The second-order valence-corrected chi connectivity index (χ2v) is 10.2. The van der Waals surface area contributed by atoms with Crippen molar-refractivity contribution in [2.75, 3.05) is 6.79 Å². The maximum atomic E-state index is 12.4. The minimum absolute atomic E-state index is 0.0970. The lowest BCUT2D eigenvalue weighted by Gasteiger charge is -2.46. The summed E-state index contributed by atoms with van der Waals surface area (Å²) in [5.41, 5.74) is 0.933. The van der Waals surface area contributed by atoms with Gasteiger partial charge in [-0.05, 0) is 37.5 Å². The Morgan fingerprint density at radius 1 is 0.903 bits per heavy atom. The molecule has 0 radical (unpaired) electrons. The topological polar surface area (TPSA) is 64.6 Å². The van der Waals surface area contributed by atoms with E-state index in [4.69, 9.17) is 9.47 Å². The normalized spacial score (nSPS) is 20.3. The van der Waals surface area contributed by atoms with E-state index < -0.39 is 6.09 Å². The van der Waals surface area contributed by atoms with Crippen LogP contribution in [0.3, 0.4) is 0 Å². The van der Waals surface area contributed by atoms with Gasteiger partial charge in [-0.2, -0.15) is 0 Å². The minimum Gasteiger partial charge on any atom is -0.428 e. The predicted molar refractivity (Wildman–Crippen MR) is 127 cm³/mol. The summed E-state index contributed by atoms with van der Waals surface area (Å²) in [6.45, 7) is 12.6. The van der Waals surface area contributed by atoms with Crippen LogP contribution in [-0.4, -0.2) is 24.4 Å². The monoisotopic (exact) mass is 437 g/mol. The molecular weight excluding hydrogens is 390 g/mol. The van der Waals surface area contributed by atoms with Crippen molar-refractivity contribution in [3.05, 3.63) is 12.2 Å². The third kappa shape index (κ3) is 12.2. The number of alkyl carbamates (subject to hydrolysis) is 1. The molecule has 1 fully saturated rings. The summed E-state index contributed by atoms with van der Waals surface area (Å²) in [5, 5.41) is 3.06. The van der Waals surface area contributed by atoms with Crippen molar-refractivity contribution < 1.29 is 19.1 Å². The van der Waals surface area contributed by atoms with E-state index in [-0.39, 0.29) is 23.7 Å². The van der Waals surface area contributed by atoms with Crippen LogP contribution in [0.4, 0.5) is 4.79 Å². The number of carbonyl (C=O) groups excluding carboxylic acids is 2. The van der Waals surface area contributed by atoms with E-state index in [0.29, 0.717) is 6.42 Å². The fourth-order valence-electron chi connectivity index (χ4n) is 5.12. The molecule has 0 aliphatic heterocycles. The van der Waals surface area contributed by atoms with Crippen molar-refractivity contribution in [3.8, 4) is 0 Å². The zero-order valence-corrected chi connectivity index (χ0v) is 20.7. The van der Waals surface area contributed by atoms with E-state index in [1.165, 1.54) is 44.9 Å². The summed E-state index contributed by atoms with van der Waals surface area (Å²) in [6.07, 6.45) is 15.2. The third-order valence-electron chi connectivity index (χ3n) is 6.12. The van der Waals surface area contributed by atoms with Gasteiger partial charge in [-0.3, -0.25) is 4.79 Å². The first-order valence-electron chi connectivity index (χ1n) is 12.5. The molecule has 0 spiro atoms. The Hall–Kier alpha value is -1.52. The third-order valence-corrected chi connectivity index (χ3v) is 6.12. The largest absolute Gasteiger partial charge is 0.428 e. The van der Waals surface area contributed by atoms with Crippen molar-refractivity contribution in [3.63, 3.8) is 0 Å². The van der Waals surface area contributed by atoms with Crippen molar-refractivity contribution >= 4 is 12.1 Å². The Bertz CT molecular complexity index is 558. The van der Waals surface area contributed by atoms with Gasteiger partial charge in [-0.1, -0.05) is 97.6 Å². The van der Waals surface area contributed by atoms with Gasteiger partial charge in [0.1, 0.15) is 0 Å². The molecule has 5 nitrogen and oxygen atoms in total. The molecule has 0 saturated heterocycles. The van der Waals surface area contributed by atoms with Crippen LogP contribution in [0.2, 0.25) is 0 Å². The number of unbranched alkanes of at least 4 members (excludes halogenated alkanes) is 8. The lowest BCUT2D eigenvalue weighted by atomic mass is 9.65. The molecule has 1 aliphatic rings. The van der Waals surface area contributed by atoms with Crippen LogP contribution in [0.1, 0.15) is 124 Å². The van der Waals surface area contributed by atoms with Gasteiger partial charge in [0, 0.05) is 12.0 Å². The summed E-state index contributed by atoms with van der Waals surface area (Å²) in [5.74, 6) is -0.300. The minimum atomic E-state index is -0.519. The van der Waals surface area contributed by atoms with Crippen LogP contribution >= 0.6 is 0 Å². The van der Waals surface area contributed by atoms with Gasteiger partial charge in [0.2, 0.25) is 6.79 Å². The molecule has 0 aromatic carbocycles. The Morgan fingerprint density at radius 3 is 2.10 bits per heavy atom. The molecule has 1 rings (SSSR count). The zero-order chi connectivity index (χ0) is 23.2. The van der Waals surface area contributed by atoms with E-state index in [1.807, 2.05) is 0 Å². The molecule has 0 aromatic heterocycles. The zero-order valence-electron chi connectivity index (χ0n) is 20.7. The quantitative estimate of drug-likeness (QED) is 0.125. The highest BCUT2D eigenvalue weighted by Gasteiger charge is 2.42. The standard InChI is InChI=1S/C26H47NO4/c1-6-8-9-10-11-12-13-14-15-16-23(28)30-21-31-24(29)27-26(17-7-2)19-22(3)18-25(4,5)20-26/h3,6-21H2,1-2,4-5H3,(H,27,29). The van der Waals surface area contributed by atoms with Crippen molar-refractivity contribution in [2.45, 2.75) is 130 Å². The number of hydrogen-bond donors (Lipinski definition) is 1. The molecule has 1 amide bonds. The maximum Gasteiger partial charge on any atom is 0.410 e. The highest BCUT2D eigenvalue weighted by atomic mass is 16.7. The van der Waals surface area contributed by atoms with Gasteiger partial charge in [-0.25, -0.2) is 4.79 Å². The number of nitrogens with one attached hydrogen (secondary N) is 1. The molecule has 1 N–H and O–H groups in total. The lowest BCUT2D eigenvalue weighted by molar-refractivity contribution is -0.152. The number of amides is 1. The SMILES string of the molecule is C=C1CC(C)(C)CC(CCC)(NC(=O)OCOC(=O)CCCCCCCCCCC)C1. The number of ether oxygens (including phenoxy) is 2. The molecule has 5 heteroatoms. The first kappa shape index (κ1) is 27.5. The molecule has 1 saturated carbocycles. The molecular formula is C26H47NO4. The predicted octanol–water partition coefficient (Wildman–Crippen LogP) is 7.44. The number of carbonyl (C=O) groups is 2. The Kier molecular flexibility index (Phi) is 12.9. The summed E-state index contributed by atoms with van der Waals surface area (Å²) in [4.78, 5) is 24.2. The molecule has 1 aliphatic carbocycles. The summed E-state index contributed by atoms with van der Waals surface area (Å²) < 4.78 is 10.2. The second kappa shape index (κ2) is 14.5. The van der Waals surface area contributed by atoms with E-state index in [9.17, 15) is 9.59 Å². The average molecular weight is 438 g/mol. The molecule has 1 unspecified atom stereocenters. The Labute approximate surface area is 190 Å². The maximum absolute atomic E-state index is 12.4. The van der Waals surface area contributed by atoms with Crippen molar-refractivity contribution in [1.82, 2.24) is 5.32 Å². The van der Waals surface area contributed by atoms with Gasteiger partial charge >= 0.3 is 12.1 Å². The van der Waals surface area contributed by atoms with Gasteiger partial charge in [-0.15, -0.1) is 0 Å². The Morgan fingerprint density at radius 2 is 1.52 bits per heavy atom. The number of hydrogen-bond acceptors (Lipinski definition) is 4. The van der Waals surface area contributed by atoms with E-state index in [0.717, 1.165) is 50.5 Å². The molecule has 0 bridgehead atoms. The smallest absolute Gasteiger partial charge is 0.410 e. The summed E-state index contributed by atoms with van der Waals surface area (Å²) >= 11 is 0. The van der Waals surface area contributed by atoms with E-state index in [2.05, 4.69) is 39.6 Å². The molecule has 180 valence electrons. The van der Waals surface area contributed by atoms with Crippen molar-refractivity contribution in [2.24, 2.45) is 5.41 Å². The highest BCUT2D eigenvalue weighted by molar-refractivity contribution is 5.70. The first-order valence-corrected chi connectivity index (χ1v) is 12.5. The van der Waals surface area contributed by atoms with Crippen LogP contribution in [0.15, 0.2) is 12.2 Å². The fraction of sp³-hybridized carbons (Fsp3) is 0.846. The summed E-state index contributed by atoms with van der Waals surface area (Å²) in [7, 11) is 0. The van der Waals surface area contributed by atoms with Crippen molar-refractivity contribution in [1.29, 1.82) is 0 Å². The summed E-state index contributed by atoms with van der Waals surface area (Å²) in [6, 6.07) is 0. The average Bonchev–Trinajstić information content (AvgIpc) is 2.65. The highest BCUT2D eigenvalue weighted by Crippen LogP contribution is 2.45. The van der Waals surface area contributed by atoms with Gasteiger partial charge in [0.25, 0.3) is 0 Å². The molecule has 0 aromatic rings. The number of esters is 1. The van der Waals surface area contributed by atoms with Gasteiger partial charge in [0.05, 0.1) is 0 Å². The van der Waals surface area contributed by atoms with Crippen LogP contribution in [0.5, 0.6) is 0 Å². The van der Waals surface area contributed by atoms with E-state index in [1.54, 1.807) is 0 Å². The molecule has 31 heavy (non-hydrogen) atoms. The molecule has 0 heterocycles. The van der Waals surface area contributed by atoms with Crippen LogP contribution in [0.25, 0.3) is 0 Å². The van der Waals surface area contributed by atoms with Crippen LogP contribution in [0, 0.1) is 5.41 Å². The fourth-order valence-corrected chi connectivity index (χ4v) is 5.12. The first-order chi connectivity index (χ1) is 14.7. The van der Waals surface area contributed by atoms with Crippen LogP contribution < -0.4 is 5.32 Å². The number of rotatable bonds is 15. The van der Waals surface area contributed by atoms with E-state index >= 15 is 0 Å². The Balaban J connectivity index is 2.21.